The molecule has 0 aliphatic carbocycles. The Hall–Kier alpha value is -3.03. The number of nitro benzene ring substituents is 1. The zero-order valence-electron chi connectivity index (χ0n) is 13.7. The predicted octanol–water partition coefficient (Wildman–Crippen LogP) is 3.80. The highest BCUT2D eigenvalue weighted by atomic mass is 19.1. The number of hydrogen-bond acceptors (Lipinski definition) is 4. The molecular weight excluding hydrogens is 332 g/mol. The van der Waals surface area contributed by atoms with E-state index >= 15 is 0 Å². The minimum Gasteiger partial charge on any atom is -0.373 e. The largest absolute Gasteiger partial charge is 0.373 e. The number of halogens is 2. The molecular formula is C17H17F2N3O3. The lowest BCUT2D eigenvalue weighted by Crippen LogP contribution is -2.18. The second-order valence-corrected chi connectivity index (χ2v) is 5.34. The van der Waals surface area contributed by atoms with Crippen LogP contribution in [-0.2, 0) is 0 Å². The summed E-state index contributed by atoms with van der Waals surface area (Å²) in [5.74, 6) is -1.66. The molecule has 6 nitrogen and oxygen atoms in total. The van der Waals surface area contributed by atoms with E-state index in [0.29, 0.717) is 6.42 Å². The van der Waals surface area contributed by atoms with Gasteiger partial charge in [-0.1, -0.05) is 6.92 Å². The summed E-state index contributed by atoms with van der Waals surface area (Å²) < 4.78 is 27.4. The van der Waals surface area contributed by atoms with Crippen LogP contribution >= 0.6 is 0 Å². The fourth-order valence-electron chi connectivity index (χ4n) is 2.46. The molecule has 1 unspecified atom stereocenters. The molecule has 0 aliphatic heterocycles. The Kier molecular flexibility index (Phi) is 5.63. The quantitative estimate of drug-likeness (QED) is 0.614. The Morgan fingerprint density at radius 1 is 1.24 bits per heavy atom. The number of benzene rings is 2. The first kappa shape index (κ1) is 18.3. The first-order valence-corrected chi connectivity index (χ1v) is 7.59. The minimum atomic E-state index is -0.666. The predicted molar refractivity (Wildman–Crippen MR) is 89.5 cm³/mol. The standard InChI is InChI=1S/C17H17F2N3O3/c1-3-14(12-9-11(18)5-6-13(12)19)21-15-7-4-10(17(23)20-2)8-16(15)22(24)25/h4-9,14,21H,3H2,1-2H3,(H,20,23). The summed E-state index contributed by atoms with van der Waals surface area (Å²) in [7, 11) is 1.42. The van der Waals surface area contributed by atoms with E-state index < -0.39 is 28.5 Å². The van der Waals surface area contributed by atoms with Crippen LogP contribution in [0.15, 0.2) is 36.4 Å². The first-order chi connectivity index (χ1) is 11.9. The highest BCUT2D eigenvalue weighted by Crippen LogP contribution is 2.31. The molecule has 1 amide bonds. The maximum absolute atomic E-state index is 14.0. The molecule has 0 bridgehead atoms. The molecule has 8 heteroatoms. The molecule has 0 aromatic heterocycles. The number of nitrogens with one attached hydrogen (secondary N) is 2. The monoisotopic (exact) mass is 349 g/mol. The second kappa shape index (κ2) is 7.69. The van der Waals surface area contributed by atoms with Gasteiger partial charge in [-0.05, 0) is 36.8 Å². The third-order valence-corrected chi connectivity index (χ3v) is 3.76. The lowest BCUT2D eigenvalue weighted by molar-refractivity contribution is -0.384. The number of hydrogen-bond donors (Lipinski definition) is 2. The third kappa shape index (κ3) is 4.09. The summed E-state index contributed by atoms with van der Waals surface area (Å²) in [6.45, 7) is 1.74. The van der Waals surface area contributed by atoms with Gasteiger partial charge in [0.15, 0.2) is 0 Å². The third-order valence-electron chi connectivity index (χ3n) is 3.76. The Morgan fingerprint density at radius 3 is 2.56 bits per heavy atom. The molecule has 132 valence electrons. The number of nitrogens with zero attached hydrogens (tertiary/aromatic N) is 1. The van der Waals surface area contributed by atoms with Crippen LogP contribution in [-0.4, -0.2) is 17.9 Å². The van der Waals surface area contributed by atoms with Gasteiger partial charge in [-0.3, -0.25) is 14.9 Å². The van der Waals surface area contributed by atoms with Gasteiger partial charge in [-0.15, -0.1) is 0 Å². The molecule has 0 saturated carbocycles. The van der Waals surface area contributed by atoms with Crippen molar-refractivity contribution in [1.82, 2.24) is 5.32 Å². The van der Waals surface area contributed by atoms with Gasteiger partial charge in [0.1, 0.15) is 17.3 Å². The van der Waals surface area contributed by atoms with Gasteiger partial charge in [-0.25, -0.2) is 8.78 Å². The van der Waals surface area contributed by atoms with Gasteiger partial charge >= 0.3 is 0 Å². The highest BCUT2D eigenvalue weighted by molar-refractivity contribution is 5.95. The van der Waals surface area contributed by atoms with E-state index in [-0.39, 0.29) is 22.5 Å². The van der Waals surface area contributed by atoms with Crippen LogP contribution in [0.3, 0.4) is 0 Å². The first-order valence-electron chi connectivity index (χ1n) is 7.59. The summed E-state index contributed by atoms with van der Waals surface area (Å²) in [6.07, 6.45) is 0.370. The van der Waals surface area contributed by atoms with Crippen molar-refractivity contribution in [1.29, 1.82) is 0 Å². The summed E-state index contributed by atoms with van der Waals surface area (Å²) in [4.78, 5) is 22.3. The van der Waals surface area contributed by atoms with E-state index in [1.165, 1.54) is 19.2 Å². The van der Waals surface area contributed by atoms with Gasteiger partial charge in [0.25, 0.3) is 11.6 Å². The second-order valence-electron chi connectivity index (χ2n) is 5.34. The molecule has 25 heavy (non-hydrogen) atoms. The number of rotatable bonds is 6. The van der Waals surface area contributed by atoms with Crippen molar-refractivity contribution < 1.29 is 18.5 Å². The van der Waals surface area contributed by atoms with E-state index in [2.05, 4.69) is 10.6 Å². The van der Waals surface area contributed by atoms with Gasteiger partial charge in [0.05, 0.1) is 11.0 Å². The summed E-state index contributed by atoms with van der Waals surface area (Å²) in [5, 5.41) is 16.6. The lowest BCUT2D eigenvalue weighted by Gasteiger charge is -2.19. The fraction of sp³-hybridized carbons (Fsp3) is 0.235. The van der Waals surface area contributed by atoms with Gasteiger partial charge in [-0.2, -0.15) is 0 Å². The van der Waals surface area contributed by atoms with Crippen LogP contribution in [0, 0.1) is 21.7 Å². The zero-order valence-corrected chi connectivity index (χ0v) is 13.7. The minimum absolute atomic E-state index is 0.0761. The van der Waals surface area contributed by atoms with Crippen molar-refractivity contribution in [3.63, 3.8) is 0 Å². The Bertz CT molecular complexity index is 812. The van der Waals surface area contributed by atoms with E-state index in [1.807, 2.05) is 0 Å². The molecule has 0 aliphatic rings. The van der Waals surface area contributed by atoms with Crippen LogP contribution in [0.1, 0.15) is 35.3 Å². The van der Waals surface area contributed by atoms with Crippen molar-refractivity contribution in [3.05, 3.63) is 69.3 Å². The molecule has 2 N–H and O–H groups in total. The number of amides is 1. The lowest BCUT2D eigenvalue weighted by atomic mass is 10.0. The normalized spacial score (nSPS) is 11.7. The average Bonchev–Trinajstić information content (AvgIpc) is 2.61. The van der Waals surface area contributed by atoms with E-state index in [1.54, 1.807) is 6.92 Å². The summed E-state index contributed by atoms with van der Waals surface area (Å²) in [6, 6.07) is 6.34. The highest BCUT2D eigenvalue weighted by Gasteiger charge is 2.21. The van der Waals surface area contributed by atoms with E-state index in [4.69, 9.17) is 0 Å². The molecule has 0 heterocycles. The van der Waals surface area contributed by atoms with Gasteiger partial charge in [0, 0.05) is 24.2 Å². The molecule has 0 fully saturated rings. The SMILES string of the molecule is CCC(Nc1ccc(C(=O)NC)cc1[N+](=O)[O-])c1cc(F)ccc1F. The van der Waals surface area contributed by atoms with Crippen LogP contribution in [0.25, 0.3) is 0 Å². The maximum Gasteiger partial charge on any atom is 0.293 e. The van der Waals surface area contributed by atoms with Crippen molar-refractivity contribution in [3.8, 4) is 0 Å². The Balaban J connectivity index is 2.41. The molecule has 2 aromatic rings. The van der Waals surface area contributed by atoms with Gasteiger partial charge < -0.3 is 10.6 Å². The molecule has 2 rings (SSSR count). The van der Waals surface area contributed by atoms with Crippen LogP contribution in [0.2, 0.25) is 0 Å². The molecule has 1 atom stereocenters. The molecule has 0 spiro atoms. The van der Waals surface area contributed by atoms with Crippen molar-refractivity contribution >= 4 is 17.3 Å². The summed E-state index contributed by atoms with van der Waals surface area (Å²) in [5.41, 5.74) is 0.00133. The zero-order chi connectivity index (χ0) is 18.6. The van der Waals surface area contributed by atoms with Gasteiger partial charge in [0.2, 0.25) is 0 Å². The summed E-state index contributed by atoms with van der Waals surface area (Å²) >= 11 is 0. The molecule has 0 saturated heterocycles. The number of nitro groups is 1. The van der Waals surface area contributed by atoms with Crippen molar-refractivity contribution in [2.45, 2.75) is 19.4 Å². The smallest absolute Gasteiger partial charge is 0.293 e. The molecule has 2 aromatic carbocycles. The number of anilines is 1. The van der Waals surface area contributed by atoms with E-state index in [9.17, 15) is 23.7 Å². The van der Waals surface area contributed by atoms with Crippen molar-refractivity contribution in [2.24, 2.45) is 0 Å². The molecule has 0 radical (unpaired) electrons. The van der Waals surface area contributed by atoms with Crippen molar-refractivity contribution in [2.75, 3.05) is 12.4 Å². The fourth-order valence-corrected chi connectivity index (χ4v) is 2.46. The Labute approximate surface area is 143 Å². The van der Waals surface area contributed by atoms with Crippen LogP contribution in [0.4, 0.5) is 20.2 Å². The van der Waals surface area contributed by atoms with Crippen LogP contribution < -0.4 is 10.6 Å². The number of carbonyl (C=O) groups excluding carboxylic acids is 1. The number of carbonyl (C=O) groups is 1. The maximum atomic E-state index is 14.0. The van der Waals surface area contributed by atoms with Crippen LogP contribution in [0.5, 0.6) is 0 Å². The Morgan fingerprint density at radius 2 is 1.96 bits per heavy atom. The average molecular weight is 349 g/mol. The van der Waals surface area contributed by atoms with E-state index in [0.717, 1.165) is 24.3 Å². The topological polar surface area (TPSA) is 84.3 Å².